The first-order valence-electron chi connectivity index (χ1n) is 5.95. The number of nitrogens with one attached hydrogen (secondary N) is 1. The standard InChI is InChI=1S/C13H9ClN4OS2/c14-8-1-2-10(15-5-8)18-11(19)6-21-13-9-3-4-20-12(9)16-7-17-13/h1-5,7H,6H2,(H,15,18,19). The van der Waals surface area contributed by atoms with Gasteiger partial charge < -0.3 is 5.32 Å². The number of amides is 1. The Morgan fingerprint density at radius 1 is 1.29 bits per heavy atom. The summed E-state index contributed by atoms with van der Waals surface area (Å²) in [6.45, 7) is 0. The molecular weight excluding hydrogens is 328 g/mol. The van der Waals surface area contributed by atoms with Gasteiger partial charge >= 0.3 is 0 Å². The zero-order valence-corrected chi connectivity index (χ0v) is 13.0. The molecule has 8 heteroatoms. The van der Waals surface area contributed by atoms with Gasteiger partial charge in [0, 0.05) is 11.6 Å². The summed E-state index contributed by atoms with van der Waals surface area (Å²) in [5, 5.41) is 6.98. The number of carbonyl (C=O) groups is 1. The molecule has 0 aliphatic carbocycles. The summed E-state index contributed by atoms with van der Waals surface area (Å²) in [7, 11) is 0. The van der Waals surface area contributed by atoms with Crippen molar-refractivity contribution in [1.82, 2.24) is 15.0 Å². The van der Waals surface area contributed by atoms with Crippen LogP contribution in [0.5, 0.6) is 0 Å². The van der Waals surface area contributed by atoms with Crippen LogP contribution in [0.4, 0.5) is 5.82 Å². The van der Waals surface area contributed by atoms with Gasteiger partial charge in [-0.15, -0.1) is 11.3 Å². The van der Waals surface area contributed by atoms with E-state index in [-0.39, 0.29) is 11.7 Å². The molecule has 0 saturated heterocycles. The molecule has 1 amide bonds. The summed E-state index contributed by atoms with van der Waals surface area (Å²) >= 11 is 8.67. The number of fused-ring (bicyclic) bond motifs is 1. The maximum absolute atomic E-state index is 11.9. The van der Waals surface area contributed by atoms with E-state index in [2.05, 4.69) is 20.3 Å². The second-order valence-corrected chi connectivity index (χ2v) is 6.31. The number of pyridine rings is 1. The van der Waals surface area contributed by atoms with E-state index in [1.807, 2.05) is 11.4 Å². The molecule has 0 spiro atoms. The molecule has 0 atom stereocenters. The number of carbonyl (C=O) groups excluding carboxylic acids is 1. The molecule has 0 unspecified atom stereocenters. The van der Waals surface area contributed by atoms with E-state index in [4.69, 9.17) is 11.6 Å². The van der Waals surface area contributed by atoms with E-state index in [0.717, 1.165) is 15.2 Å². The molecule has 3 rings (SSSR count). The first-order valence-corrected chi connectivity index (χ1v) is 8.19. The summed E-state index contributed by atoms with van der Waals surface area (Å²) in [6.07, 6.45) is 3.00. The Kier molecular flexibility index (Phi) is 4.33. The van der Waals surface area contributed by atoms with Crippen LogP contribution < -0.4 is 5.32 Å². The lowest BCUT2D eigenvalue weighted by atomic mass is 10.4. The molecule has 0 aliphatic heterocycles. The largest absolute Gasteiger partial charge is 0.310 e. The lowest BCUT2D eigenvalue weighted by Gasteiger charge is -2.04. The molecule has 0 bridgehead atoms. The van der Waals surface area contributed by atoms with Crippen molar-refractivity contribution in [3.63, 3.8) is 0 Å². The number of rotatable bonds is 4. The van der Waals surface area contributed by atoms with E-state index in [0.29, 0.717) is 10.8 Å². The smallest absolute Gasteiger partial charge is 0.235 e. The summed E-state index contributed by atoms with van der Waals surface area (Å²) in [5.41, 5.74) is 0. The van der Waals surface area contributed by atoms with Crippen molar-refractivity contribution in [3.8, 4) is 0 Å². The molecule has 1 N–H and O–H groups in total. The molecule has 3 aromatic rings. The summed E-state index contributed by atoms with van der Waals surface area (Å²) < 4.78 is 0. The molecule has 0 fully saturated rings. The van der Waals surface area contributed by atoms with Crippen LogP contribution in [-0.4, -0.2) is 26.6 Å². The Morgan fingerprint density at radius 3 is 3.00 bits per heavy atom. The zero-order valence-electron chi connectivity index (χ0n) is 10.6. The molecule has 3 heterocycles. The van der Waals surface area contributed by atoms with Gasteiger partial charge in [-0.3, -0.25) is 4.79 Å². The van der Waals surface area contributed by atoms with Crippen molar-refractivity contribution < 1.29 is 4.79 Å². The minimum absolute atomic E-state index is 0.142. The van der Waals surface area contributed by atoms with Crippen LogP contribution in [-0.2, 0) is 4.79 Å². The first-order chi connectivity index (χ1) is 10.2. The molecule has 21 heavy (non-hydrogen) atoms. The topological polar surface area (TPSA) is 67.8 Å². The minimum atomic E-state index is -0.142. The SMILES string of the molecule is O=C(CSc1ncnc2sccc12)Nc1ccc(Cl)cn1. The number of halogens is 1. The second-order valence-electron chi connectivity index (χ2n) is 4.02. The fourth-order valence-corrected chi connectivity index (χ4v) is 3.34. The van der Waals surface area contributed by atoms with Gasteiger partial charge in [0.05, 0.1) is 10.8 Å². The van der Waals surface area contributed by atoms with Crippen LogP contribution in [0.2, 0.25) is 5.02 Å². The number of hydrogen-bond donors (Lipinski definition) is 1. The van der Waals surface area contributed by atoms with Gasteiger partial charge in [0.25, 0.3) is 0 Å². The Hall–Kier alpha value is -1.70. The van der Waals surface area contributed by atoms with Gasteiger partial charge in [0.15, 0.2) is 0 Å². The number of hydrogen-bond acceptors (Lipinski definition) is 6. The minimum Gasteiger partial charge on any atom is -0.310 e. The quantitative estimate of drug-likeness (QED) is 0.583. The van der Waals surface area contributed by atoms with Crippen LogP contribution >= 0.6 is 34.7 Å². The summed E-state index contributed by atoms with van der Waals surface area (Å²) in [4.78, 5) is 25.2. The van der Waals surface area contributed by atoms with E-state index >= 15 is 0 Å². The molecular formula is C13H9ClN4OS2. The number of aromatic nitrogens is 3. The molecule has 0 aliphatic rings. The Labute approximate surface area is 133 Å². The number of nitrogens with zero attached hydrogens (tertiary/aromatic N) is 3. The maximum Gasteiger partial charge on any atom is 0.235 e. The van der Waals surface area contributed by atoms with Gasteiger partial charge in [0.2, 0.25) is 5.91 Å². The highest BCUT2D eigenvalue weighted by atomic mass is 35.5. The Bertz CT molecular complexity index is 775. The van der Waals surface area contributed by atoms with Gasteiger partial charge in [-0.2, -0.15) is 0 Å². The third-order valence-corrected chi connectivity index (χ3v) is 4.61. The second kappa shape index (κ2) is 6.38. The average molecular weight is 337 g/mol. The summed E-state index contributed by atoms with van der Waals surface area (Å²) in [6, 6.07) is 5.30. The first kappa shape index (κ1) is 14.2. The lowest BCUT2D eigenvalue weighted by molar-refractivity contribution is -0.113. The van der Waals surface area contributed by atoms with Crippen molar-refractivity contribution in [2.24, 2.45) is 0 Å². The van der Waals surface area contributed by atoms with Crippen molar-refractivity contribution in [2.75, 3.05) is 11.1 Å². The van der Waals surface area contributed by atoms with Crippen molar-refractivity contribution in [1.29, 1.82) is 0 Å². The molecule has 3 aromatic heterocycles. The monoisotopic (exact) mass is 336 g/mol. The van der Waals surface area contributed by atoms with E-state index in [1.165, 1.54) is 24.3 Å². The Morgan fingerprint density at radius 2 is 2.19 bits per heavy atom. The van der Waals surface area contributed by atoms with E-state index in [1.54, 1.807) is 23.5 Å². The van der Waals surface area contributed by atoms with E-state index < -0.39 is 0 Å². The molecule has 0 radical (unpaired) electrons. The average Bonchev–Trinajstić information content (AvgIpc) is 2.96. The van der Waals surface area contributed by atoms with Gasteiger partial charge in [-0.1, -0.05) is 23.4 Å². The van der Waals surface area contributed by atoms with Gasteiger partial charge in [0.1, 0.15) is 22.0 Å². The van der Waals surface area contributed by atoms with Crippen LogP contribution in [0, 0.1) is 0 Å². The third kappa shape index (κ3) is 3.49. The number of thiophene rings is 1. The molecule has 5 nitrogen and oxygen atoms in total. The van der Waals surface area contributed by atoms with Crippen LogP contribution in [0.15, 0.2) is 41.1 Å². The molecule has 0 aromatic carbocycles. The fraction of sp³-hybridized carbons (Fsp3) is 0.0769. The molecule has 0 saturated carbocycles. The molecule has 106 valence electrons. The maximum atomic E-state index is 11.9. The third-order valence-electron chi connectivity index (χ3n) is 2.56. The zero-order chi connectivity index (χ0) is 14.7. The predicted molar refractivity (Wildman–Crippen MR) is 86.0 cm³/mol. The number of anilines is 1. The van der Waals surface area contributed by atoms with Crippen LogP contribution in [0.3, 0.4) is 0 Å². The van der Waals surface area contributed by atoms with Crippen LogP contribution in [0.1, 0.15) is 0 Å². The fourth-order valence-electron chi connectivity index (χ4n) is 1.64. The highest BCUT2D eigenvalue weighted by molar-refractivity contribution is 8.00. The normalized spacial score (nSPS) is 10.7. The highest BCUT2D eigenvalue weighted by Gasteiger charge is 2.09. The van der Waals surface area contributed by atoms with Gasteiger partial charge in [-0.05, 0) is 23.6 Å². The predicted octanol–water partition coefficient (Wildman–Crippen LogP) is 3.47. The van der Waals surface area contributed by atoms with E-state index in [9.17, 15) is 4.79 Å². The summed E-state index contributed by atoms with van der Waals surface area (Å²) in [5.74, 6) is 0.594. The lowest BCUT2D eigenvalue weighted by Crippen LogP contribution is -2.14. The van der Waals surface area contributed by atoms with Gasteiger partial charge in [-0.25, -0.2) is 15.0 Å². The number of thioether (sulfide) groups is 1. The van der Waals surface area contributed by atoms with Crippen LogP contribution in [0.25, 0.3) is 10.2 Å². The Balaban J connectivity index is 1.63. The van der Waals surface area contributed by atoms with Crippen molar-refractivity contribution in [3.05, 3.63) is 41.1 Å². The van der Waals surface area contributed by atoms with Crippen molar-refractivity contribution in [2.45, 2.75) is 5.03 Å². The highest BCUT2D eigenvalue weighted by Crippen LogP contribution is 2.27. The van der Waals surface area contributed by atoms with Crippen molar-refractivity contribution >= 4 is 56.6 Å².